The zero-order chi connectivity index (χ0) is 27.4. The van der Waals surface area contributed by atoms with Crippen molar-refractivity contribution in [2.45, 2.75) is 26.4 Å². The summed E-state index contributed by atoms with van der Waals surface area (Å²) in [5.41, 5.74) is 4.22. The molecule has 2 amide bonds. The lowest BCUT2D eigenvalue weighted by Gasteiger charge is -2.31. The summed E-state index contributed by atoms with van der Waals surface area (Å²) >= 11 is 6.17. The van der Waals surface area contributed by atoms with E-state index >= 15 is 0 Å². The lowest BCUT2D eigenvalue weighted by molar-refractivity contribution is -0.121. The molecule has 0 spiro atoms. The summed E-state index contributed by atoms with van der Waals surface area (Å²) in [7, 11) is 0. The molecule has 0 fully saturated rings. The number of benzene rings is 3. The lowest BCUT2D eigenvalue weighted by atomic mass is 10.0. The third kappa shape index (κ3) is 5.73. The van der Waals surface area contributed by atoms with Gasteiger partial charge in [-0.2, -0.15) is 0 Å². The summed E-state index contributed by atoms with van der Waals surface area (Å²) in [4.78, 5) is 29.6. The van der Waals surface area contributed by atoms with Gasteiger partial charge in [0.15, 0.2) is 0 Å². The second kappa shape index (κ2) is 11.3. The Hall–Kier alpha value is -4.76. The van der Waals surface area contributed by atoms with Crippen molar-refractivity contribution in [3.05, 3.63) is 124 Å². The topological polar surface area (TPSA) is 106 Å². The highest BCUT2D eigenvalue weighted by Gasteiger charge is 2.33. The molecule has 0 saturated heterocycles. The van der Waals surface area contributed by atoms with Crippen LogP contribution >= 0.6 is 11.6 Å². The van der Waals surface area contributed by atoms with Gasteiger partial charge in [-0.25, -0.2) is 4.68 Å². The van der Waals surface area contributed by atoms with Crippen LogP contribution in [0.15, 0.2) is 95.9 Å². The predicted octanol–water partition coefficient (Wildman–Crippen LogP) is 5.55. The van der Waals surface area contributed by atoms with E-state index in [-0.39, 0.29) is 18.4 Å². The van der Waals surface area contributed by atoms with E-state index in [0.29, 0.717) is 33.3 Å². The Labute approximate surface area is 230 Å². The molecule has 1 atom stereocenters. The number of carbonyl (C=O) groups is 2. The van der Waals surface area contributed by atoms with Gasteiger partial charge in [-0.05, 0) is 89.5 Å². The molecule has 1 N–H and O–H groups in total. The van der Waals surface area contributed by atoms with E-state index < -0.39 is 6.04 Å². The van der Waals surface area contributed by atoms with Crippen molar-refractivity contribution < 1.29 is 14.0 Å². The third-order valence-electron chi connectivity index (χ3n) is 6.37. The highest BCUT2D eigenvalue weighted by Crippen LogP contribution is 2.30. The van der Waals surface area contributed by atoms with Gasteiger partial charge in [0.1, 0.15) is 18.1 Å². The van der Waals surface area contributed by atoms with E-state index in [9.17, 15) is 9.59 Å². The van der Waals surface area contributed by atoms with Crippen molar-refractivity contribution in [1.29, 1.82) is 0 Å². The average Bonchev–Trinajstić information content (AvgIpc) is 3.66. The summed E-state index contributed by atoms with van der Waals surface area (Å²) in [6, 6.07) is 22.0. The van der Waals surface area contributed by atoms with Gasteiger partial charge >= 0.3 is 0 Å². The molecular formula is C29H25ClN6O3. The van der Waals surface area contributed by atoms with E-state index in [2.05, 4.69) is 20.8 Å². The fraction of sp³-hybridized carbons (Fsp3) is 0.138. The van der Waals surface area contributed by atoms with Gasteiger partial charge in [0.25, 0.3) is 11.8 Å². The molecule has 0 aliphatic heterocycles. The first kappa shape index (κ1) is 25.9. The first-order chi connectivity index (χ1) is 18.9. The molecule has 5 rings (SSSR count). The summed E-state index contributed by atoms with van der Waals surface area (Å²) in [5, 5.41) is 14.8. The Morgan fingerprint density at radius 1 is 0.974 bits per heavy atom. The smallest absolute Gasteiger partial charge is 0.255 e. The van der Waals surface area contributed by atoms with Crippen LogP contribution in [0.5, 0.6) is 0 Å². The first-order valence-corrected chi connectivity index (χ1v) is 12.6. The number of halogens is 1. The monoisotopic (exact) mass is 540 g/mol. The standard InChI is InChI=1S/C29H25ClN6O3/c1-19-5-3-6-20(2)26(19)32-28(37)27(21-8-12-23(30)13-9-21)35(17-25-7-4-16-39-25)29(38)22-10-14-24(15-11-22)36-18-31-33-34-36/h3-16,18,27H,17H2,1-2H3,(H,32,37)/t27-/m1/s1. The maximum Gasteiger partial charge on any atom is 0.255 e. The number of aryl methyl sites for hydroxylation is 2. The predicted molar refractivity (Wildman–Crippen MR) is 146 cm³/mol. The van der Waals surface area contributed by atoms with E-state index in [1.807, 2.05) is 32.0 Å². The van der Waals surface area contributed by atoms with Crippen LogP contribution in [-0.2, 0) is 11.3 Å². The fourth-order valence-corrected chi connectivity index (χ4v) is 4.50. The van der Waals surface area contributed by atoms with Crippen molar-refractivity contribution in [2.75, 3.05) is 5.32 Å². The van der Waals surface area contributed by atoms with Crippen LogP contribution in [0, 0.1) is 13.8 Å². The number of hydrogen-bond acceptors (Lipinski definition) is 6. The number of furan rings is 1. The largest absolute Gasteiger partial charge is 0.467 e. The highest BCUT2D eigenvalue weighted by molar-refractivity contribution is 6.30. The minimum Gasteiger partial charge on any atom is -0.467 e. The number of tetrazole rings is 1. The molecule has 10 heteroatoms. The molecule has 3 aromatic carbocycles. The van der Waals surface area contributed by atoms with Gasteiger partial charge in [0, 0.05) is 16.3 Å². The zero-order valence-electron chi connectivity index (χ0n) is 21.3. The van der Waals surface area contributed by atoms with Crippen molar-refractivity contribution >= 4 is 29.1 Å². The molecular weight excluding hydrogens is 516 g/mol. The van der Waals surface area contributed by atoms with E-state index in [4.69, 9.17) is 16.0 Å². The Kier molecular flexibility index (Phi) is 7.51. The maximum absolute atomic E-state index is 14.1. The van der Waals surface area contributed by atoms with Crippen LogP contribution in [0.4, 0.5) is 5.69 Å². The van der Waals surface area contributed by atoms with Gasteiger partial charge in [-0.1, -0.05) is 41.9 Å². The van der Waals surface area contributed by atoms with Gasteiger partial charge in [-0.15, -0.1) is 5.10 Å². The van der Waals surface area contributed by atoms with Crippen molar-refractivity contribution in [2.24, 2.45) is 0 Å². The van der Waals surface area contributed by atoms with Crippen LogP contribution in [0.1, 0.15) is 38.9 Å². The minimum absolute atomic E-state index is 0.0635. The number of carbonyl (C=O) groups excluding carboxylic acids is 2. The van der Waals surface area contributed by atoms with Crippen molar-refractivity contribution in [3.8, 4) is 5.69 Å². The van der Waals surface area contributed by atoms with Crippen molar-refractivity contribution in [1.82, 2.24) is 25.1 Å². The summed E-state index contributed by atoms with van der Waals surface area (Å²) in [6.45, 7) is 3.92. The quantitative estimate of drug-likeness (QED) is 0.277. The molecule has 0 aliphatic rings. The number of hydrogen-bond donors (Lipinski definition) is 1. The van der Waals surface area contributed by atoms with E-state index in [0.717, 1.165) is 11.1 Å². The molecule has 5 aromatic rings. The molecule has 196 valence electrons. The van der Waals surface area contributed by atoms with Gasteiger partial charge in [0.2, 0.25) is 0 Å². The molecule has 0 bridgehead atoms. The van der Waals surface area contributed by atoms with Gasteiger partial charge < -0.3 is 14.6 Å². The SMILES string of the molecule is Cc1cccc(C)c1NC(=O)[C@@H](c1ccc(Cl)cc1)N(Cc1ccco1)C(=O)c1ccc(-n2cnnn2)cc1. The van der Waals surface area contributed by atoms with Crippen LogP contribution < -0.4 is 5.32 Å². The van der Waals surface area contributed by atoms with Gasteiger partial charge in [-0.3, -0.25) is 9.59 Å². The molecule has 9 nitrogen and oxygen atoms in total. The van der Waals surface area contributed by atoms with Crippen molar-refractivity contribution in [3.63, 3.8) is 0 Å². The van der Waals surface area contributed by atoms with Crippen LogP contribution in [0.25, 0.3) is 5.69 Å². The Bertz CT molecular complexity index is 1550. The van der Waals surface area contributed by atoms with E-state index in [1.165, 1.54) is 22.2 Å². The molecule has 39 heavy (non-hydrogen) atoms. The maximum atomic E-state index is 14.1. The molecule has 0 saturated carbocycles. The number of para-hydroxylation sites is 1. The lowest BCUT2D eigenvalue weighted by Crippen LogP contribution is -2.41. The second-order valence-electron chi connectivity index (χ2n) is 9.02. The Morgan fingerprint density at radius 3 is 2.31 bits per heavy atom. The van der Waals surface area contributed by atoms with Gasteiger partial charge in [0.05, 0.1) is 18.5 Å². The average molecular weight is 541 g/mol. The first-order valence-electron chi connectivity index (χ1n) is 12.2. The second-order valence-corrected chi connectivity index (χ2v) is 9.46. The van der Waals surface area contributed by atoms with Crippen LogP contribution in [0.2, 0.25) is 5.02 Å². The Morgan fingerprint density at radius 2 is 1.69 bits per heavy atom. The van der Waals surface area contributed by atoms with E-state index in [1.54, 1.807) is 60.7 Å². The Balaban J connectivity index is 1.56. The molecule has 2 aromatic heterocycles. The summed E-state index contributed by atoms with van der Waals surface area (Å²) in [5.74, 6) is -0.182. The zero-order valence-corrected chi connectivity index (χ0v) is 22.0. The number of anilines is 1. The van der Waals surface area contributed by atoms with Crippen LogP contribution in [-0.4, -0.2) is 36.9 Å². The molecule has 2 heterocycles. The number of amides is 2. The molecule has 0 radical (unpaired) electrons. The van der Waals surface area contributed by atoms with Crippen LogP contribution in [0.3, 0.4) is 0 Å². The number of aromatic nitrogens is 4. The molecule has 0 unspecified atom stereocenters. The number of nitrogens with one attached hydrogen (secondary N) is 1. The summed E-state index contributed by atoms with van der Waals surface area (Å²) < 4.78 is 7.08. The minimum atomic E-state index is -0.988. The fourth-order valence-electron chi connectivity index (χ4n) is 4.37. The highest BCUT2D eigenvalue weighted by atomic mass is 35.5. The normalized spacial score (nSPS) is 11.7. The third-order valence-corrected chi connectivity index (χ3v) is 6.62. The number of rotatable bonds is 8. The molecule has 0 aliphatic carbocycles. The summed E-state index contributed by atoms with van der Waals surface area (Å²) in [6.07, 6.45) is 3.00. The number of nitrogens with zero attached hydrogens (tertiary/aromatic N) is 5.